The molecule has 0 aliphatic carbocycles. The number of anilines is 1. The van der Waals surface area contributed by atoms with Gasteiger partial charge in [-0.25, -0.2) is 4.98 Å². The van der Waals surface area contributed by atoms with Crippen LogP contribution >= 0.6 is 24.0 Å². The first-order chi connectivity index (χ1) is 13.0. The van der Waals surface area contributed by atoms with E-state index in [4.69, 9.17) is 4.74 Å². The molecule has 0 radical (unpaired) electrons. The first kappa shape index (κ1) is 23.2. The van der Waals surface area contributed by atoms with Gasteiger partial charge in [-0.3, -0.25) is 4.99 Å². The Labute approximate surface area is 187 Å². The van der Waals surface area contributed by atoms with E-state index in [0.29, 0.717) is 12.0 Å². The normalized spacial score (nSPS) is 23.9. The molecular formula is C21H36IN5O. The average Bonchev–Trinajstić information content (AvgIpc) is 2.69. The topological polar surface area (TPSA) is 53.0 Å². The number of hydrogen-bond acceptors (Lipinski definition) is 4. The van der Waals surface area contributed by atoms with Gasteiger partial charge in [-0.15, -0.1) is 24.0 Å². The Morgan fingerprint density at radius 1 is 1.25 bits per heavy atom. The van der Waals surface area contributed by atoms with Crippen molar-refractivity contribution in [3.05, 3.63) is 24.4 Å². The molecule has 2 fully saturated rings. The summed E-state index contributed by atoms with van der Waals surface area (Å²) < 4.78 is 6.12. The van der Waals surface area contributed by atoms with E-state index in [0.717, 1.165) is 57.5 Å². The molecule has 2 unspecified atom stereocenters. The summed E-state index contributed by atoms with van der Waals surface area (Å²) in [5.74, 6) is 2.60. The molecule has 0 aromatic carbocycles. The van der Waals surface area contributed by atoms with E-state index >= 15 is 0 Å². The second kappa shape index (κ2) is 10.6. The molecule has 2 aliphatic heterocycles. The van der Waals surface area contributed by atoms with Gasteiger partial charge >= 0.3 is 0 Å². The second-order valence-electron chi connectivity index (χ2n) is 8.65. The fraction of sp³-hybridized carbons (Fsp3) is 0.714. The van der Waals surface area contributed by atoms with Gasteiger partial charge < -0.3 is 19.9 Å². The number of guanidine groups is 1. The molecule has 1 N–H and O–H groups in total. The van der Waals surface area contributed by atoms with Crippen LogP contribution in [-0.4, -0.2) is 68.3 Å². The van der Waals surface area contributed by atoms with Gasteiger partial charge in [-0.2, -0.15) is 0 Å². The van der Waals surface area contributed by atoms with E-state index < -0.39 is 0 Å². The smallest absolute Gasteiger partial charge is 0.193 e. The highest BCUT2D eigenvalue weighted by atomic mass is 127. The number of piperazine rings is 1. The van der Waals surface area contributed by atoms with Gasteiger partial charge in [-0.1, -0.05) is 26.8 Å². The van der Waals surface area contributed by atoms with Crippen LogP contribution in [0, 0.1) is 11.3 Å². The molecule has 3 rings (SSSR count). The molecule has 2 aliphatic rings. The number of aliphatic imine (C=N–C) groups is 1. The molecule has 7 heteroatoms. The number of halogens is 1. The van der Waals surface area contributed by atoms with Crippen molar-refractivity contribution < 1.29 is 4.74 Å². The fourth-order valence-electron chi connectivity index (χ4n) is 4.25. The highest BCUT2D eigenvalue weighted by Crippen LogP contribution is 2.33. The first-order valence-corrected chi connectivity index (χ1v) is 10.2. The molecule has 1 aromatic heterocycles. The van der Waals surface area contributed by atoms with Crippen LogP contribution in [0.25, 0.3) is 0 Å². The lowest BCUT2D eigenvalue weighted by Crippen LogP contribution is -2.54. The van der Waals surface area contributed by atoms with Gasteiger partial charge in [-0.05, 0) is 30.4 Å². The van der Waals surface area contributed by atoms with Gasteiger partial charge in [0.1, 0.15) is 5.82 Å². The quantitative estimate of drug-likeness (QED) is 0.392. The zero-order chi connectivity index (χ0) is 19.3. The predicted molar refractivity (Wildman–Crippen MR) is 127 cm³/mol. The number of ether oxygens (including phenoxy) is 1. The molecule has 0 saturated carbocycles. The van der Waals surface area contributed by atoms with Gasteiger partial charge in [0, 0.05) is 58.5 Å². The van der Waals surface area contributed by atoms with Gasteiger partial charge in [0.05, 0.1) is 6.10 Å². The molecule has 1 aromatic rings. The van der Waals surface area contributed by atoms with Crippen LogP contribution in [0.5, 0.6) is 0 Å². The highest BCUT2D eigenvalue weighted by Gasteiger charge is 2.35. The van der Waals surface area contributed by atoms with Crippen LogP contribution in [0.2, 0.25) is 0 Å². The standard InChI is InChI=1S/C21H35N5O.HI/c1-21(2,3)19-17(8-7-15-27-19)16-24-20(22-4)26-13-11-25(12-14-26)18-9-5-6-10-23-18;/h5-6,9-10,17,19H,7-8,11-16H2,1-4H3,(H,22,24);1H. The van der Waals surface area contributed by atoms with Crippen molar-refractivity contribution in [1.29, 1.82) is 0 Å². The van der Waals surface area contributed by atoms with E-state index in [9.17, 15) is 0 Å². The average molecular weight is 501 g/mol. The van der Waals surface area contributed by atoms with Crippen molar-refractivity contribution in [2.75, 3.05) is 51.3 Å². The van der Waals surface area contributed by atoms with Crippen LogP contribution in [0.3, 0.4) is 0 Å². The molecule has 0 bridgehead atoms. The van der Waals surface area contributed by atoms with Crippen molar-refractivity contribution in [2.45, 2.75) is 39.7 Å². The minimum absolute atomic E-state index is 0. The lowest BCUT2D eigenvalue weighted by Gasteiger charge is -2.41. The summed E-state index contributed by atoms with van der Waals surface area (Å²) in [6.45, 7) is 12.5. The Bertz CT molecular complexity index is 611. The molecule has 158 valence electrons. The third-order valence-electron chi connectivity index (χ3n) is 5.59. The number of nitrogens with one attached hydrogen (secondary N) is 1. The number of nitrogens with zero attached hydrogens (tertiary/aromatic N) is 4. The van der Waals surface area contributed by atoms with Crippen molar-refractivity contribution in [3.63, 3.8) is 0 Å². The predicted octanol–water partition coefficient (Wildman–Crippen LogP) is 3.24. The molecule has 2 saturated heterocycles. The maximum atomic E-state index is 6.12. The molecule has 3 heterocycles. The second-order valence-corrected chi connectivity index (χ2v) is 8.65. The lowest BCUT2D eigenvalue weighted by molar-refractivity contribution is -0.0836. The lowest BCUT2D eigenvalue weighted by atomic mass is 9.78. The Morgan fingerprint density at radius 3 is 2.61 bits per heavy atom. The van der Waals surface area contributed by atoms with E-state index in [1.54, 1.807) is 0 Å². The number of aromatic nitrogens is 1. The van der Waals surface area contributed by atoms with Crippen LogP contribution in [0.1, 0.15) is 33.6 Å². The largest absolute Gasteiger partial charge is 0.377 e. The maximum absolute atomic E-state index is 6.12. The molecule has 6 nitrogen and oxygen atoms in total. The van der Waals surface area contributed by atoms with Crippen molar-refractivity contribution >= 4 is 35.8 Å². The molecule has 2 atom stereocenters. The SMILES string of the molecule is CN=C(NCC1CCCOC1C(C)(C)C)N1CCN(c2ccccn2)CC1.I. The van der Waals surface area contributed by atoms with E-state index in [2.05, 4.69) is 51.9 Å². The summed E-state index contributed by atoms with van der Waals surface area (Å²) in [5.41, 5.74) is 0.171. The summed E-state index contributed by atoms with van der Waals surface area (Å²) in [5, 5.41) is 3.63. The highest BCUT2D eigenvalue weighted by molar-refractivity contribution is 14.0. The minimum Gasteiger partial charge on any atom is -0.377 e. The van der Waals surface area contributed by atoms with Crippen LogP contribution in [0.15, 0.2) is 29.4 Å². The van der Waals surface area contributed by atoms with E-state index in [1.165, 1.54) is 6.42 Å². The van der Waals surface area contributed by atoms with Crippen molar-refractivity contribution in [1.82, 2.24) is 15.2 Å². The first-order valence-electron chi connectivity index (χ1n) is 10.2. The summed E-state index contributed by atoms with van der Waals surface area (Å²) in [6.07, 6.45) is 4.54. The third-order valence-corrected chi connectivity index (χ3v) is 5.59. The Balaban J connectivity index is 0.00000280. The minimum atomic E-state index is 0. The zero-order valence-electron chi connectivity index (χ0n) is 17.7. The van der Waals surface area contributed by atoms with Crippen molar-refractivity contribution in [2.24, 2.45) is 16.3 Å². The molecular weight excluding hydrogens is 465 g/mol. The molecule has 28 heavy (non-hydrogen) atoms. The van der Waals surface area contributed by atoms with Gasteiger partial charge in [0.15, 0.2) is 5.96 Å². The number of pyridine rings is 1. The number of rotatable bonds is 3. The van der Waals surface area contributed by atoms with Gasteiger partial charge in [0.2, 0.25) is 0 Å². The van der Waals surface area contributed by atoms with Crippen LogP contribution < -0.4 is 10.2 Å². The third kappa shape index (κ3) is 5.95. The summed E-state index contributed by atoms with van der Waals surface area (Å²) in [4.78, 5) is 13.7. The Morgan fingerprint density at radius 2 is 2.00 bits per heavy atom. The van der Waals surface area contributed by atoms with E-state index in [-0.39, 0.29) is 29.4 Å². The Kier molecular flexibility index (Phi) is 8.80. The zero-order valence-corrected chi connectivity index (χ0v) is 20.1. The summed E-state index contributed by atoms with van der Waals surface area (Å²) in [7, 11) is 1.88. The Hall–Kier alpha value is -1.09. The van der Waals surface area contributed by atoms with Crippen molar-refractivity contribution in [3.8, 4) is 0 Å². The number of hydrogen-bond donors (Lipinski definition) is 1. The summed E-state index contributed by atoms with van der Waals surface area (Å²) >= 11 is 0. The molecule has 0 amide bonds. The molecule has 0 spiro atoms. The van der Waals surface area contributed by atoms with Crippen LogP contribution in [-0.2, 0) is 4.74 Å². The fourth-order valence-corrected chi connectivity index (χ4v) is 4.25. The van der Waals surface area contributed by atoms with E-state index in [1.807, 2.05) is 25.4 Å². The van der Waals surface area contributed by atoms with Gasteiger partial charge in [0.25, 0.3) is 0 Å². The summed E-state index contributed by atoms with van der Waals surface area (Å²) in [6, 6.07) is 6.09. The monoisotopic (exact) mass is 501 g/mol. The van der Waals surface area contributed by atoms with Crippen LogP contribution in [0.4, 0.5) is 5.82 Å². The maximum Gasteiger partial charge on any atom is 0.193 e.